The van der Waals surface area contributed by atoms with Gasteiger partial charge in [0, 0.05) is 5.69 Å². The molecule has 0 radical (unpaired) electrons. The first-order chi connectivity index (χ1) is 9.19. The molecule has 0 heterocycles. The third-order valence-electron chi connectivity index (χ3n) is 4.59. The van der Waals surface area contributed by atoms with Crippen LogP contribution in [0.15, 0.2) is 18.2 Å². The lowest BCUT2D eigenvalue weighted by molar-refractivity contribution is -0.121. The van der Waals surface area contributed by atoms with Gasteiger partial charge in [0.1, 0.15) is 0 Å². The Morgan fingerprint density at radius 3 is 2.55 bits per heavy atom. The summed E-state index contributed by atoms with van der Waals surface area (Å²) in [6.45, 7) is 0. The Kier molecular flexibility index (Phi) is 4.71. The monoisotopic (exact) mass is 294 g/mol. The van der Waals surface area contributed by atoms with Crippen LogP contribution in [0.25, 0.3) is 0 Å². The molecule has 1 fully saturated rings. The Labute approximate surface area is 126 Å². The molecule has 3 rings (SSSR count). The van der Waals surface area contributed by atoms with Crippen molar-refractivity contribution >= 4 is 24.0 Å². The summed E-state index contributed by atoms with van der Waals surface area (Å²) < 4.78 is 0. The average molecular weight is 295 g/mol. The van der Waals surface area contributed by atoms with Gasteiger partial charge in [0.05, 0.1) is 5.54 Å². The number of benzene rings is 1. The van der Waals surface area contributed by atoms with Crippen LogP contribution in [0.1, 0.15) is 49.7 Å². The van der Waals surface area contributed by atoms with Gasteiger partial charge in [-0.3, -0.25) is 4.79 Å². The molecule has 0 spiro atoms. The number of rotatable bonds is 2. The number of anilines is 1. The summed E-state index contributed by atoms with van der Waals surface area (Å²) in [5, 5.41) is 3.09. The average Bonchev–Trinajstić information content (AvgIpc) is 2.87. The molecular formula is C16H23ClN2O. The first-order valence-electron chi connectivity index (χ1n) is 7.40. The number of nitrogens with two attached hydrogens (primary N) is 1. The number of nitrogens with one attached hydrogen (secondary N) is 1. The van der Waals surface area contributed by atoms with Crippen molar-refractivity contribution in [2.24, 2.45) is 5.73 Å². The van der Waals surface area contributed by atoms with E-state index >= 15 is 0 Å². The van der Waals surface area contributed by atoms with Crippen LogP contribution in [0.4, 0.5) is 5.69 Å². The molecule has 0 atom stereocenters. The molecule has 3 nitrogen and oxygen atoms in total. The van der Waals surface area contributed by atoms with E-state index in [0.717, 1.165) is 44.2 Å². The normalized spacial score (nSPS) is 19.9. The van der Waals surface area contributed by atoms with Crippen LogP contribution in [-0.2, 0) is 17.6 Å². The van der Waals surface area contributed by atoms with Crippen molar-refractivity contribution in [1.29, 1.82) is 0 Å². The van der Waals surface area contributed by atoms with Crippen LogP contribution in [0, 0.1) is 0 Å². The first-order valence-corrected chi connectivity index (χ1v) is 7.40. The number of halogens is 1. The summed E-state index contributed by atoms with van der Waals surface area (Å²) in [7, 11) is 0. The predicted molar refractivity (Wildman–Crippen MR) is 84.3 cm³/mol. The summed E-state index contributed by atoms with van der Waals surface area (Å²) in [6.07, 6.45) is 8.43. The van der Waals surface area contributed by atoms with Gasteiger partial charge in [-0.2, -0.15) is 0 Å². The van der Waals surface area contributed by atoms with Crippen molar-refractivity contribution < 1.29 is 4.79 Å². The Hall–Kier alpha value is -1.06. The summed E-state index contributed by atoms with van der Waals surface area (Å²) in [5.41, 5.74) is 9.27. The van der Waals surface area contributed by atoms with Gasteiger partial charge in [0.2, 0.25) is 5.91 Å². The summed E-state index contributed by atoms with van der Waals surface area (Å²) in [6, 6.07) is 6.23. The van der Waals surface area contributed by atoms with Gasteiger partial charge in [-0.1, -0.05) is 25.0 Å². The quantitative estimate of drug-likeness (QED) is 0.880. The molecular weight excluding hydrogens is 272 g/mol. The van der Waals surface area contributed by atoms with Gasteiger partial charge in [-0.15, -0.1) is 12.4 Å². The largest absolute Gasteiger partial charge is 0.324 e. The van der Waals surface area contributed by atoms with Crippen molar-refractivity contribution in [3.63, 3.8) is 0 Å². The van der Waals surface area contributed by atoms with Gasteiger partial charge >= 0.3 is 0 Å². The molecule has 20 heavy (non-hydrogen) atoms. The van der Waals surface area contributed by atoms with Gasteiger partial charge in [0.15, 0.2) is 0 Å². The van der Waals surface area contributed by atoms with E-state index in [9.17, 15) is 4.79 Å². The van der Waals surface area contributed by atoms with E-state index in [1.165, 1.54) is 24.0 Å². The standard InChI is InChI=1S/C16H22N2O.ClH/c17-16(10-3-4-11-16)15(19)18-14-9-5-7-12-6-1-2-8-13(12)14;/h5,7,9H,1-4,6,8,10-11,17H2,(H,18,19);1H. The molecule has 2 aliphatic carbocycles. The number of aryl methyl sites for hydroxylation is 1. The van der Waals surface area contributed by atoms with E-state index in [4.69, 9.17) is 5.73 Å². The number of hydrogen-bond donors (Lipinski definition) is 2. The van der Waals surface area contributed by atoms with Gasteiger partial charge in [0.25, 0.3) is 0 Å². The maximum atomic E-state index is 12.4. The molecule has 0 aliphatic heterocycles. The van der Waals surface area contributed by atoms with E-state index < -0.39 is 5.54 Å². The molecule has 2 aliphatic rings. The number of hydrogen-bond acceptors (Lipinski definition) is 2. The van der Waals surface area contributed by atoms with Crippen molar-refractivity contribution in [1.82, 2.24) is 0 Å². The fraction of sp³-hybridized carbons (Fsp3) is 0.562. The van der Waals surface area contributed by atoms with Crippen LogP contribution >= 0.6 is 12.4 Å². The fourth-order valence-corrected chi connectivity index (χ4v) is 3.38. The maximum absolute atomic E-state index is 12.4. The van der Waals surface area contributed by atoms with E-state index in [-0.39, 0.29) is 18.3 Å². The lowest BCUT2D eigenvalue weighted by Gasteiger charge is -2.25. The summed E-state index contributed by atoms with van der Waals surface area (Å²) >= 11 is 0. The van der Waals surface area contributed by atoms with Crippen LogP contribution < -0.4 is 11.1 Å². The van der Waals surface area contributed by atoms with Crippen molar-refractivity contribution in [2.75, 3.05) is 5.32 Å². The highest BCUT2D eigenvalue weighted by Crippen LogP contribution is 2.31. The molecule has 4 heteroatoms. The van der Waals surface area contributed by atoms with E-state index in [1.54, 1.807) is 0 Å². The lowest BCUT2D eigenvalue weighted by atomic mass is 9.90. The summed E-state index contributed by atoms with van der Waals surface area (Å²) in [4.78, 5) is 12.4. The van der Waals surface area contributed by atoms with E-state index in [2.05, 4.69) is 11.4 Å². The third-order valence-corrected chi connectivity index (χ3v) is 4.59. The number of amides is 1. The molecule has 0 aromatic heterocycles. The van der Waals surface area contributed by atoms with E-state index in [1.807, 2.05) is 12.1 Å². The molecule has 1 amide bonds. The van der Waals surface area contributed by atoms with Crippen LogP contribution in [-0.4, -0.2) is 11.4 Å². The molecule has 0 bridgehead atoms. The minimum atomic E-state index is -0.641. The Morgan fingerprint density at radius 2 is 1.80 bits per heavy atom. The topological polar surface area (TPSA) is 55.1 Å². The molecule has 3 N–H and O–H groups in total. The molecule has 1 saturated carbocycles. The summed E-state index contributed by atoms with van der Waals surface area (Å²) in [5.74, 6) is 0.00368. The van der Waals surface area contributed by atoms with Crippen LogP contribution in [0.5, 0.6) is 0 Å². The molecule has 0 saturated heterocycles. The fourth-order valence-electron chi connectivity index (χ4n) is 3.38. The third kappa shape index (κ3) is 2.84. The van der Waals surface area contributed by atoms with Gasteiger partial charge in [-0.05, 0) is 55.7 Å². The molecule has 1 aromatic rings. The lowest BCUT2D eigenvalue weighted by Crippen LogP contribution is -2.48. The highest BCUT2D eigenvalue weighted by molar-refractivity contribution is 5.98. The smallest absolute Gasteiger partial charge is 0.244 e. The van der Waals surface area contributed by atoms with Crippen LogP contribution in [0.2, 0.25) is 0 Å². The second-order valence-electron chi connectivity index (χ2n) is 5.97. The Morgan fingerprint density at radius 1 is 1.10 bits per heavy atom. The zero-order valence-corrected chi connectivity index (χ0v) is 12.6. The SMILES string of the molecule is Cl.NC1(C(=O)Nc2cccc3c2CCCC3)CCCC1. The molecule has 1 aromatic carbocycles. The van der Waals surface area contributed by atoms with Crippen molar-refractivity contribution in [2.45, 2.75) is 56.9 Å². The predicted octanol–water partition coefficient (Wildman–Crippen LogP) is 3.20. The second-order valence-corrected chi connectivity index (χ2v) is 5.97. The molecule has 0 unspecified atom stereocenters. The Bertz CT molecular complexity index is 495. The second kappa shape index (κ2) is 6.15. The highest BCUT2D eigenvalue weighted by atomic mass is 35.5. The maximum Gasteiger partial charge on any atom is 0.244 e. The number of fused-ring (bicyclic) bond motifs is 1. The molecule has 110 valence electrons. The van der Waals surface area contributed by atoms with Gasteiger partial charge in [-0.25, -0.2) is 0 Å². The zero-order valence-electron chi connectivity index (χ0n) is 11.8. The Balaban J connectivity index is 0.00000147. The number of carbonyl (C=O) groups excluding carboxylic acids is 1. The highest BCUT2D eigenvalue weighted by Gasteiger charge is 2.37. The van der Waals surface area contributed by atoms with Crippen molar-refractivity contribution in [3.05, 3.63) is 29.3 Å². The van der Waals surface area contributed by atoms with Crippen LogP contribution in [0.3, 0.4) is 0 Å². The minimum absolute atomic E-state index is 0. The first kappa shape index (κ1) is 15.3. The van der Waals surface area contributed by atoms with Gasteiger partial charge < -0.3 is 11.1 Å². The van der Waals surface area contributed by atoms with E-state index in [0.29, 0.717) is 0 Å². The van der Waals surface area contributed by atoms with Crippen molar-refractivity contribution in [3.8, 4) is 0 Å². The zero-order chi connectivity index (χ0) is 13.3. The minimum Gasteiger partial charge on any atom is -0.324 e. The number of carbonyl (C=O) groups is 1.